The summed E-state index contributed by atoms with van der Waals surface area (Å²) in [5.41, 5.74) is 7.45. The minimum absolute atomic E-state index is 0.0304. The largest absolute Gasteiger partial charge is 0.481 e. The van der Waals surface area contributed by atoms with Gasteiger partial charge in [-0.3, -0.25) is 14.4 Å². The summed E-state index contributed by atoms with van der Waals surface area (Å²) in [7, 11) is 0. The number of hydrogen-bond donors (Lipinski definition) is 5. The lowest BCUT2D eigenvalue weighted by atomic mass is 10.0. The molecule has 166 valence electrons. The molecule has 3 rings (SSSR count). The summed E-state index contributed by atoms with van der Waals surface area (Å²) < 4.78 is 0. The number of nitrogens with two attached hydrogens (primary N) is 1. The van der Waals surface area contributed by atoms with Gasteiger partial charge in [-0.15, -0.1) is 0 Å². The number of carbonyl (C=O) groups is 4. The average molecular weight is 430 g/mol. The molecule has 3 atom stereocenters. The van der Waals surface area contributed by atoms with E-state index in [0.717, 1.165) is 16.5 Å². The number of aliphatic carboxylic acids is 2. The van der Waals surface area contributed by atoms with Crippen LogP contribution in [0.4, 0.5) is 0 Å². The Kier molecular flexibility index (Phi) is 6.91. The highest BCUT2D eigenvalue weighted by Crippen LogP contribution is 2.21. The highest BCUT2D eigenvalue weighted by atomic mass is 16.4. The van der Waals surface area contributed by atoms with Gasteiger partial charge in [-0.1, -0.05) is 18.2 Å². The maximum atomic E-state index is 12.8. The van der Waals surface area contributed by atoms with Crippen LogP contribution in [-0.4, -0.2) is 68.5 Å². The van der Waals surface area contributed by atoms with Gasteiger partial charge in [-0.25, -0.2) is 4.79 Å². The van der Waals surface area contributed by atoms with Gasteiger partial charge < -0.3 is 31.1 Å². The number of aromatic amines is 1. The summed E-state index contributed by atoms with van der Waals surface area (Å²) in [5.74, 6) is -3.28. The lowest BCUT2D eigenvalue weighted by Crippen LogP contribution is -2.54. The van der Waals surface area contributed by atoms with Gasteiger partial charge in [0.1, 0.15) is 12.1 Å². The van der Waals surface area contributed by atoms with Crippen molar-refractivity contribution in [2.45, 2.75) is 50.2 Å². The number of para-hydroxylation sites is 1. The Balaban J connectivity index is 1.67. The molecule has 31 heavy (non-hydrogen) atoms. The fourth-order valence-electron chi connectivity index (χ4n) is 3.91. The molecule has 2 amide bonds. The number of likely N-dealkylation sites (tertiary alicyclic amines) is 1. The highest BCUT2D eigenvalue weighted by molar-refractivity contribution is 5.93. The van der Waals surface area contributed by atoms with Crippen molar-refractivity contribution in [3.63, 3.8) is 0 Å². The van der Waals surface area contributed by atoms with Crippen molar-refractivity contribution < 1.29 is 29.4 Å². The molecule has 6 N–H and O–H groups in total. The third-order valence-electron chi connectivity index (χ3n) is 5.54. The SMILES string of the molecule is N[C@@H](CCC(=O)O)C(=O)N1CCC[C@H]1C(=O)N[C@@H](Cc1c[nH]c2ccccc12)C(=O)O. The molecule has 1 aliphatic rings. The number of hydrogen-bond acceptors (Lipinski definition) is 5. The van der Waals surface area contributed by atoms with Crippen LogP contribution in [0.25, 0.3) is 10.9 Å². The number of nitrogens with one attached hydrogen (secondary N) is 2. The van der Waals surface area contributed by atoms with Gasteiger partial charge >= 0.3 is 11.9 Å². The monoisotopic (exact) mass is 430 g/mol. The zero-order valence-corrected chi connectivity index (χ0v) is 16.9. The summed E-state index contributed by atoms with van der Waals surface area (Å²) in [5, 5.41) is 21.8. The number of benzene rings is 1. The molecule has 0 spiro atoms. The number of carboxylic acid groups (broad SMARTS) is 2. The first-order valence-electron chi connectivity index (χ1n) is 10.1. The zero-order chi connectivity index (χ0) is 22.5. The molecule has 1 saturated heterocycles. The van der Waals surface area contributed by atoms with Gasteiger partial charge in [-0.2, -0.15) is 0 Å². The van der Waals surface area contributed by atoms with Gasteiger partial charge in [0, 0.05) is 36.5 Å². The summed E-state index contributed by atoms with van der Waals surface area (Å²) in [4.78, 5) is 52.4. The van der Waals surface area contributed by atoms with E-state index < -0.39 is 41.9 Å². The second kappa shape index (κ2) is 9.61. The Morgan fingerprint density at radius 1 is 1.23 bits per heavy atom. The lowest BCUT2D eigenvalue weighted by molar-refractivity contribution is -0.144. The number of fused-ring (bicyclic) bond motifs is 1. The van der Waals surface area contributed by atoms with Gasteiger partial charge in [0.05, 0.1) is 6.04 Å². The van der Waals surface area contributed by atoms with E-state index in [9.17, 15) is 24.3 Å². The third kappa shape index (κ3) is 5.21. The molecular weight excluding hydrogens is 404 g/mol. The Morgan fingerprint density at radius 2 is 1.97 bits per heavy atom. The fraction of sp³-hybridized carbons (Fsp3) is 0.429. The van der Waals surface area contributed by atoms with Crippen LogP contribution in [0, 0.1) is 0 Å². The molecule has 0 aliphatic carbocycles. The van der Waals surface area contributed by atoms with Crippen LogP contribution in [0.1, 0.15) is 31.2 Å². The lowest BCUT2D eigenvalue weighted by Gasteiger charge is -2.27. The summed E-state index contributed by atoms with van der Waals surface area (Å²) in [6.07, 6.45) is 2.50. The highest BCUT2D eigenvalue weighted by Gasteiger charge is 2.37. The molecule has 1 aromatic heterocycles. The van der Waals surface area contributed by atoms with E-state index in [1.165, 1.54) is 4.90 Å². The predicted molar refractivity (Wildman–Crippen MR) is 111 cm³/mol. The Morgan fingerprint density at radius 3 is 2.68 bits per heavy atom. The molecule has 0 saturated carbocycles. The molecular formula is C21H26N4O6. The number of rotatable bonds is 9. The third-order valence-corrected chi connectivity index (χ3v) is 5.54. The van der Waals surface area contributed by atoms with Gasteiger partial charge in [-0.05, 0) is 30.9 Å². The van der Waals surface area contributed by atoms with Crippen molar-refractivity contribution in [3.05, 3.63) is 36.0 Å². The number of H-pyrrole nitrogens is 1. The summed E-state index contributed by atoms with van der Waals surface area (Å²) in [6.45, 7) is 0.317. The molecule has 0 radical (unpaired) electrons. The molecule has 10 heteroatoms. The normalized spacial score (nSPS) is 18.0. The number of amides is 2. The number of aromatic nitrogens is 1. The second-order valence-electron chi connectivity index (χ2n) is 7.69. The van der Waals surface area contributed by atoms with Crippen molar-refractivity contribution in [2.24, 2.45) is 5.73 Å². The van der Waals surface area contributed by atoms with Crippen LogP contribution >= 0.6 is 0 Å². The van der Waals surface area contributed by atoms with Crippen LogP contribution in [0.15, 0.2) is 30.5 Å². The fourth-order valence-corrected chi connectivity index (χ4v) is 3.91. The Hall–Kier alpha value is -3.40. The zero-order valence-electron chi connectivity index (χ0n) is 16.9. The van der Waals surface area contributed by atoms with E-state index in [2.05, 4.69) is 10.3 Å². The van der Waals surface area contributed by atoms with E-state index in [-0.39, 0.29) is 19.3 Å². The molecule has 1 aliphatic heterocycles. The van der Waals surface area contributed by atoms with Gasteiger partial charge in [0.25, 0.3) is 0 Å². The van der Waals surface area contributed by atoms with Crippen LogP contribution in [0.5, 0.6) is 0 Å². The topological polar surface area (TPSA) is 166 Å². The minimum Gasteiger partial charge on any atom is -0.481 e. The quantitative estimate of drug-likeness (QED) is 0.385. The Labute approximate surface area is 178 Å². The standard InChI is InChI=1S/C21H26N4O6/c22-14(7-8-18(26)27)20(29)25-9-3-6-17(25)19(28)24-16(21(30)31)10-12-11-23-15-5-2-1-4-13(12)15/h1-2,4-5,11,14,16-17,23H,3,6-10,22H2,(H,24,28)(H,26,27)(H,30,31)/t14-,16-,17-/m0/s1. The minimum atomic E-state index is -1.17. The van der Waals surface area contributed by atoms with Crippen LogP contribution in [0.3, 0.4) is 0 Å². The Bertz CT molecular complexity index is 987. The van der Waals surface area contributed by atoms with Crippen LogP contribution in [-0.2, 0) is 25.6 Å². The van der Waals surface area contributed by atoms with Crippen molar-refractivity contribution in [1.82, 2.24) is 15.2 Å². The second-order valence-corrected chi connectivity index (χ2v) is 7.69. The maximum Gasteiger partial charge on any atom is 0.326 e. The molecule has 1 aromatic carbocycles. The van der Waals surface area contributed by atoms with E-state index in [1.54, 1.807) is 6.20 Å². The average Bonchev–Trinajstić information content (AvgIpc) is 3.38. The molecule has 2 aromatic rings. The predicted octanol–water partition coefficient (Wildman–Crippen LogP) is 0.463. The van der Waals surface area contributed by atoms with E-state index in [1.807, 2.05) is 24.3 Å². The van der Waals surface area contributed by atoms with Crippen molar-refractivity contribution >= 4 is 34.7 Å². The maximum absolute atomic E-state index is 12.8. The van der Waals surface area contributed by atoms with Crippen LogP contribution in [0.2, 0.25) is 0 Å². The van der Waals surface area contributed by atoms with E-state index in [4.69, 9.17) is 10.8 Å². The molecule has 0 unspecified atom stereocenters. The van der Waals surface area contributed by atoms with Crippen molar-refractivity contribution in [2.75, 3.05) is 6.54 Å². The van der Waals surface area contributed by atoms with E-state index >= 15 is 0 Å². The smallest absolute Gasteiger partial charge is 0.326 e. The summed E-state index contributed by atoms with van der Waals surface area (Å²) in [6, 6.07) is 4.46. The number of carbonyl (C=O) groups excluding carboxylic acids is 2. The first kappa shape index (κ1) is 22.3. The van der Waals surface area contributed by atoms with Crippen molar-refractivity contribution in [3.8, 4) is 0 Å². The van der Waals surface area contributed by atoms with Crippen LogP contribution < -0.4 is 11.1 Å². The molecule has 10 nitrogen and oxygen atoms in total. The van der Waals surface area contributed by atoms with Crippen molar-refractivity contribution in [1.29, 1.82) is 0 Å². The summed E-state index contributed by atoms with van der Waals surface area (Å²) >= 11 is 0. The first-order valence-corrected chi connectivity index (χ1v) is 10.1. The molecule has 1 fully saturated rings. The number of nitrogens with zero attached hydrogens (tertiary/aromatic N) is 1. The number of carboxylic acids is 2. The van der Waals surface area contributed by atoms with E-state index in [0.29, 0.717) is 19.4 Å². The molecule has 2 heterocycles. The molecule has 0 bridgehead atoms. The van der Waals surface area contributed by atoms with Gasteiger partial charge in [0.15, 0.2) is 0 Å². The van der Waals surface area contributed by atoms with Gasteiger partial charge in [0.2, 0.25) is 11.8 Å². The first-order chi connectivity index (χ1) is 14.8.